The summed E-state index contributed by atoms with van der Waals surface area (Å²) in [5.74, 6) is 4.96. The standard InChI is InChI=1S/C8H9BrN4/c9-7-3-1-6(2-4-7)5-12-8(10)13-11/h1-5H,11H2,(H2,10,13). The molecule has 5 heteroatoms. The number of aliphatic imine (C=N–C) groups is 1. The SMILES string of the molecule is NN=C(N)N=Cc1ccc(Br)cc1. The van der Waals surface area contributed by atoms with E-state index < -0.39 is 0 Å². The molecule has 0 atom stereocenters. The van der Waals surface area contributed by atoms with E-state index in [2.05, 4.69) is 26.0 Å². The Labute approximate surface area is 84.5 Å². The van der Waals surface area contributed by atoms with Crippen molar-refractivity contribution in [2.45, 2.75) is 0 Å². The maximum absolute atomic E-state index is 5.27. The molecular weight excluding hydrogens is 232 g/mol. The lowest BCUT2D eigenvalue weighted by Gasteiger charge is -1.92. The van der Waals surface area contributed by atoms with E-state index in [0.29, 0.717) is 0 Å². The molecule has 0 bridgehead atoms. The van der Waals surface area contributed by atoms with Crippen LogP contribution in [0.25, 0.3) is 0 Å². The highest BCUT2D eigenvalue weighted by molar-refractivity contribution is 9.10. The highest BCUT2D eigenvalue weighted by atomic mass is 79.9. The number of guanidine groups is 1. The molecule has 0 saturated heterocycles. The second kappa shape index (κ2) is 4.61. The molecule has 1 rings (SSSR count). The van der Waals surface area contributed by atoms with Gasteiger partial charge in [0.25, 0.3) is 0 Å². The summed E-state index contributed by atoms with van der Waals surface area (Å²) in [4.78, 5) is 3.81. The average Bonchev–Trinajstić information content (AvgIpc) is 2.16. The molecule has 4 nitrogen and oxygen atoms in total. The van der Waals surface area contributed by atoms with Crippen molar-refractivity contribution in [2.24, 2.45) is 21.7 Å². The lowest BCUT2D eigenvalue weighted by molar-refractivity contribution is 1.21. The van der Waals surface area contributed by atoms with Gasteiger partial charge in [0.05, 0.1) is 0 Å². The van der Waals surface area contributed by atoms with Gasteiger partial charge in [-0.1, -0.05) is 28.1 Å². The first kappa shape index (κ1) is 9.73. The van der Waals surface area contributed by atoms with Crippen molar-refractivity contribution in [3.05, 3.63) is 34.3 Å². The molecule has 1 aromatic rings. The van der Waals surface area contributed by atoms with Crippen LogP contribution in [0.4, 0.5) is 0 Å². The quantitative estimate of drug-likeness (QED) is 0.333. The van der Waals surface area contributed by atoms with Gasteiger partial charge in [-0.05, 0) is 17.7 Å². The van der Waals surface area contributed by atoms with Crippen LogP contribution >= 0.6 is 15.9 Å². The Morgan fingerprint density at radius 2 is 1.92 bits per heavy atom. The maximum Gasteiger partial charge on any atom is 0.236 e. The van der Waals surface area contributed by atoms with E-state index in [1.54, 1.807) is 6.21 Å². The van der Waals surface area contributed by atoms with E-state index in [4.69, 9.17) is 11.6 Å². The Balaban J connectivity index is 2.75. The third-order valence-electron chi connectivity index (χ3n) is 1.35. The third kappa shape index (κ3) is 3.25. The number of benzene rings is 1. The lowest BCUT2D eigenvalue weighted by Crippen LogP contribution is -2.10. The largest absolute Gasteiger partial charge is 0.367 e. The first-order valence-corrected chi connectivity index (χ1v) is 4.34. The second-order valence-corrected chi connectivity index (χ2v) is 3.21. The second-order valence-electron chi connectivity index (χ2n) is 2.30. The van der Waals surface area contributed by atoms with Gasteiger partial charge in [-0.15, -0.1) is 5.10 Å². The molecule has 0 aliphatic rings. The molecule has 0 unspecified atom stereocenters. The van der Waals surface area contributed by atoms with Crippen LogP contribution in [-0.2, 0) is 0 Å². The number of nitrogens with zero attached hydrogens (tertiary/aromatic N) is 2. The summed E-state index contributed by atoms with van der Waals surface area (Å²) in [6.07, 6.45) is 1.60. The van der Waals surface area contributed by atoms with E-state index in [1.807, 2.05) is 24.3 Å². The molecule has 13 heavy (non-hydrogen) atoms. The molecule has 0 spiro atoms. The van der Waals surface area contributed by atoms with Gasteiger partial charge in [0.2, 0.25) is 5.96 Å². The molecule has 0 aliphatic heterocycles. The van der Waals surface area contributed by atoms with Crippen LogP contribution in [0, 0.1) is 0 Å². The Morgan fingerprint density at radius 1 is 1.31 bits per heavy atom. The summed E-state index contributed by atoms with van der Waals surface area (Å²) in [5, 5.41) is 3.21. The van der Waals surface area contributed by atoms with E-state index >= 15 is 0 Å². The predicted octanol–water partition coefficient (Wildman–Crippen LogP) is 1.06. The Morgan fingerprint density at radius 3 is 2.46 bits per heavy atom. The fourth-order valence-electron chi connectivity index (χ4n) is 0.723. The van der Waals surface area contributed by atoms with Crippen LogP contribution in [-0.4, -0.2) is 12.2 Å². The fourth-order valence-corrected chi connectivity index (χ4v) is 0.987. The van der Waals surface area contributed by atoms with Gasteiger partial charge in [-0.2, -0.15) is 0 Å². The van der Waals surface area contributed by atoms with Crippen molar-refractivity contribution in [3.8, 4) is 0 Å². The Bertz CT molecular complexity index is 329. The predicted molar refractivity (Wildman–Crippen MR) is 57.5 cm³/mol. The number of nitrogens with two attached hydrogens (primary N) is 2. The number of hydrogen-bond acceptors (Lipinski definition) is 2. The Hall–Kier alpha value is -1.36. The zero-order valence-corrected chi connectivity index (χ0v) is 8.40. The summed E-state index contributed by atoms with van der Waals surface area (Å²) in [5.41, 5.74) is 6.21. The minimum Gasteiger partial charge on any atom is -0.367 e. The highest BCUT2D eigenvalue weighted by Crippen LogP contribution is 2.08. The lowest BCUT2D eigenvalue weighted by atomic mass is 10.2. The molecule has 0 aliphatic carbocycles. The monoisotopic (exact) mass is 240 g/mol. The number of hydrazone groups is 1. The van der Waals surface area contributed by atoms with E-state index in [9.17, 15) is 0 Å². The topological polar surface area (TPSA) is 76.8 Å². The van der Waals surface area contributed by atoms with Crippen LogP contribution in [0.15, 0.2) is 38.8 Å². The molecule has 4 N–H and O–H groups in total. The van der Waals surface area contributed by atoms with Crippen LogP contribution in [0.2, 0.25) is 0 Å². The molecule has 68 valence electrons. The van der Waals surface area contributed by atoms with E-state index in [0.717, 1.165) is 10.0 Å². The molecule has 0 radical (unpaired) electrons. The molecular formula is C8H9BrN4. The summed E-state index contributed by atoms with van der Waals surface area (Å²) in [7, 11) is 0. The van der Waals surface area contributed by atoms with E-state index in [1.165, 1.54) is 0 Å². The summed E-state index contributed by atoms with van der Waals surface area (Å²) in [6, 6.07) is 7.63. The minimum atomic E-state index is 0.0583. The molecule has 0 aromatic heterocycles. The molecule has 0 saturated carbocycles. The number of hydrogen-bond donors (Lipinski definition) is 2. The van der Waals surface area contributed by atoms with Crippen molar-refractivity contribution in [2.75, 3.05) is 0 Å². The van der Waals surface area contributed by atoms with Gasteiger partial charge in [0.15, 0.2) is 0 Å². The van der Waals surface area contributed by atoms with Gasteiger partial charge in [-0.3, -0.25) is 0 Å². The van der Waals surface area contributed by atoms with Crippen molar-refractivity contribution in [3.63, 3.8) is 0 Å². The number of rotatable bonds is 1. The zero-order chi connectivity index (χ0) is 9.68. The molecule has 1 aromatic carbocycles. The van der Waals surface area contributed by atoms with Gasteiger partial charge >= 0.3 is 0 Å². The summed E-state index contributed by atoms with van der Waals surface area (Å²) in [6.45, 7) is 0. The summed E-state index contributed by atoms with van der Waals surface area (Å²) >= 11 is 3.33. The smallest absolute Gasteiger partial charge is 0.236 e. The summed E-state index contributed by atoms with van der Waals surface area (Å²) < 4.78 is 1.02. The maximum atomic E-state index is 5.27. The van der Waals surface area contributed by atoms with Crippen LogP contribution < -0.4 is 11.6 Å². The zero-order valence-electron chi connectivity index (χ0n) is 6.81. The average molecular weight is 241 g/mol. The van der Waals surface area contributed by atoms with Crippen molar-refractivity contribution >= 4 is 28.1 Å². The normalized spacial score (nSPS) is 12.2. The van der Waals surface area contributed by atoms with Crippen LogP contribution in [0.3, 0.4) is 0 Å². The highest BCUT2D eigenvalue weighted by Gasteiger charge is 1.88. The molecule has 0 amide bonds. The molecule has 0 fully saturated rings. The van der Waals surface area contributed by atoms with Crippen LogP contribution in [0.5, 0.6) is 0 Å². The fraction of sp³-hybridized carbons (Fsp3) is 0. The van der Waals surface area contributed by atoms with Gasteiger partial charge in [0, 0.05) is 10.7 Å². The number of halogens is 1. The Kier molecular flexibility index (Phi) is 3.45. The third-order valence-corrected chi connectivity index (χ3v) is 1.88. The van der Waals surface area contributed by atoms with Gasteiger partial charge in [-0.25, -0.2) is 4.99 Å². The van der Waals surface area contributed by atoms with Gasteiger partial charge in [0.1, 0.15) is 0 Å². The van der Waals surface area contributed by atoms with Gasteiger partial charge < -0.3 is 11.6 Å². The first-order valence-electron chi connectivity index (χ1n) is 3.55. The van der Waals surface area contributed by atoms with Crippen molar-refractivity contribution in [1.29, 1.82) is 0 Å². The first-order chi connectivity index (χ1) is 6.22. The van der Waals surface area contributed by atoms with Crippen molar-refractivity contribution < 1.29 is 0 Å². The minimum absolute atomic E-state index is 0.0583. The van der Waals surface area contributed by atoms with Crippen LogP contribution in [0.1, 0.15) is 5.56 Å². The van der Waals surface area contributed by atoms with E-state index in [-0.39, 0.29) is 5.96 Å². The van der Waals surface area contributed by atoms with Crippen molar-refractivity contribution in [1.82, 2.24) is 0 Å². The molecule has 0 heterocycles.